The quantitative estimate of drug-likeness (QED) is 0.703. The van der Waals surface area contributed by atoms with Crippen LogP contribution in [0.2, 0.25) is 0 Å². The highest BCUT2D eigenvalue weighted by atomic mass is 19.3. The maximum Gasteiger partial charge on any atom is 0.267 e. The first-order chi connectivity index (χ1) is 9.08. The maximum atomic E-state index is 12.8. The zero-order valence-corrected chi connectivity index (χ0v) is 10.9. The molecule has 2 aromatic rings. The summed E-state index contributed by atoms with van der Waals surface area (Å²) >= 11 is 0. The van der Waals surface area contributed by atoms with Gasteiger partial charge in [0.25, 0.3) is 6.43 Å². The molecule has 0 aromatic heterocycles. The lowest BCUT2D eigenvalue weighted by atomic mass is 10.0. The minimum atomic E-state index is -2.54. The molecule has 0 radical (unpaired) electrons. The first kappa shape index (κ1) is 13.5. The van der Waals surface area contributed by atoms with E-state index in [-0.39, 0.29) is 11.3 Å². The van der Waals surface area contributed by atoms with Crippen molar-refractivity contribution in [1.29, 1.82) is 0 Å². The van der Waals surface area contributed by atoms with E-state index in [0.29, 0.717) is 11.7 Å². The van der Waals surface area contributed by atoms with Gasteiger partial charge in [0.1, 0.15) is 11.5 Å². The zero-order valence-electron chi connectivity index (χ0n) is 10.9. The van der Waals surface area contributed by atoms with Crippen molar-refractivity contribution in [2.75, 3.05) is 0 Å². The molecule has 0 aliphatic heterocycles. The van der Waals surface area contributed by atoms with Crippen LogP contribution in [0, 0.1) is 0 Å². The van der Waals surface area contributed by atoms with E-state index in [0.717, 1.165) is 0 Å². The number of benzene rings is 2. The van der Waals surface area contributed by atoms with E-state index >= 15 is 0 Å². The number of alkyl halides is 2. The van der Waals surface area contributed by atoms with Crippen molar-refractivity contribution in [2.24, 2.45) is 0 Å². The number of ether oxygens (including phenoxy) is 1. The molecule has 0 aliphatic rings. The Kier molecular flexibility index (Phi) is 4.15. The lowest BCUT2D eigenvalue weighted by molar-refractivity contribution is 0.148. The van der Waals surface area contributed by atoms with Crippen molar-refractivity contribution in [3.05, 3.63) is 59.7 Å². The van der Waals surface area contributed by atoms with Crippen LogP contribution in [0.3, 0.4) is 0 Å². The van der Waals surface area contributed by atoms with Crippen molar-refractivity contribution >= 4 is 0 Å². The van der Waals surface area contributed by atoms with Crippen LogP contribution in [0.25, 0.3) is 0 Å². The molecule has 19 heavy (non-hydrogen) atoms. The summed E-state index contributed by atoms with van der Waals surface area (Å²) in [5.41, 5.74) is 1.10. The van der Waals surface area contributed by atoms with E-state index in [1.807, 2.05) is 12.1 Å². The number of rotatable bonds is 4. The van der Waals surface area contributed by atoms with Gasteiger partial charge in [0.15, 0.2) is 0 Å². The molecule has 0 saturated heterocycles. The third kappa shape index (κ3) is 3.31. The predicted molar refractivity (Wildman–Crippen MR) is 72.0 cm³/mol. The largest absolute Gasteiger partial charge is 0.457 e. The molecule has 2 aromatic carbocycles. The fourth-order valence-electron chi connectivity index (χ4n) is 1.80. The molecule has 0 aliphatic carbocycles. The van der Waals surface area contributed by atoms with Crippen LogP contribution in [-0.2, 0) is 0 Å². The van der Waals surface area contributed by atoms with Gasteiger partial charge in [-0.2, -0.15) is 0 Å². The highest BCUT2D eigenvalue weighted by molar-refractivity contribution is 5.39. The minimum absolute atomic E-state index is 0.0876. The molecule has 0 N–H and O–H groups in total. The average Bonchev–Trinajstić information content (AvgIpc) is 2.39. The van der Waals surface area contributed by atoms with Crippen molar-refractivity contribution < 1.29 is 13.5 Å². The highest BCUT2D eigenvalue weighted by Gasteiger charge is 2.13. The van der Waals surface area contributed by atoms with Crippen LogP contribution in [0.1, 0.15) is 37.3 Å². The molecular weight excluding hydrogens is 246 g/mol. The summed E-state index contributed by atoms with van der Waals surface area (Å²) in [6.07, 6.45) is -2.54. The van der Waals surface area contributed by atoms with Crippen LogP contribution in [0.15, 0.2) is 48.5 Å². The Morgan fingerprint density at radius 1 is 0.895 bits per heavy atom. The van der Waals surface area contributed by atoms with Gasteiger partial charge in [-0.25, -0.2) is 8.78 Å². The average molecular weight is 262 g/mol. The lowest BCUT2D eigenvalue weighted by Gasteiger charge is -2.11. The third-order valence-electron chi connectivity index (χ3n) is 2.93. The molecule has 0 saturated carbocycles. The predicted octanol–water partition coefficient (Wildman–Crippen LogP) is 5.54. The van der Waals surface area contributed by atoms with Gasteiger partial charge in [0.2, 0.25) is 0 Å². The van der Waals surface area contributed by atoms with Crippen molar-refractivity contribution in [2.45, 2.75) is 26.2 Å². The van der Waals surface area contributed by atoms with E-state index in [2.05, 4.69) is 13.8 Å². The van der Waals surface area contributed by atoms with Crippen LogP contribution in [-0.4, -0.2) is 0 Å². The molecule has 3 heteroatoms. The molecule has 0 atom stereocenters. The third-order valence-corrected chi connectivity index (χ3v) is 2.93. The first-order valence-corrected chi connectivity index (χ1v) is 6.23. The van der Waals surface area contributed by atoms with E-state index in [4.69, 9.17) is 4.74 Å². The molecule has 100 valence electrons. The Hall–Kier alpha value is -1.90. The van der Waals surface area contributed by atoms with Crippen molar-refractivity contribution in [3.63, 3.8) is 0 Å². The molecule has 0 heterocycles. The Morgan fingerprint density at radius 3 is 2.11 bits per heavy atom. The minimum Gasteiger partial charge on any atom is -0.457 e. The summed E-state index contributed by atoms with van der Waals surface area (Å²) < 4.78 is 31.2. The Morgan fingerprint density at radius 2 is 1.53 bits per heavy atom. The van der Waals surface area contributed by atoms with E-state index in [9.17, 15) is 8.78 Å². The van der Waals surface area contributed by atoms with Gasteiger partial charge in [0.05, 0.1) is 5.56 Å². The molecule has 0 fully saturated rings. The van der Waals surface area contributed by atoms with Gasteiger partial charge in [0, 0.05) is 0 Å². The SMILES string of the molecule is CC(C)c1ccc(Oc2ccccc2C(F)F)cc1. The van der Waals surface area contributed by atoms with Gasteiger partial charge < -0.3 is 4.74 Å². The molecular formula is C16H16F2O. The summed E-state index contributed by atoms with van der Waals surface area (Å²) in [7, 11) is 0. The molecule has 2 rings (SSSR count). The topological polar surface area (TPSA) is 9.23 Å². The maximum absolute atomic E-state index is 12.8. The zero-order chi connectivity index (χ0) is 13.8. The number of hydrogen-bond acceptors (Lipinski definition) is 1. The van der Waals surface area contributed by atoms with Crippen molar-refractivity contribution in [1.82, 2.24) is 0 Å². The molecule has 0 amide bonds. The van der Waals surface area contributed by atoms with E-state index in [1.165, 1.54) is 11.6 Å². The van der Waals surface area contributed by atoms with Gasteiger partial charge in [-0.05, 0) is 35.7 Å². The first-order valence-electron chi connectivity index (χ1n) is 6.23. The van der Waals surface area contributed by atoms with Gasteiger partial charge in [-0.3, -0.25) is 0 Å². The summed E-state index contributed by atoms with van der Waals surface area (Å²) in [5, 5.41) is 0. The smallest absolute Gasteiger partial charge is 0.267 e. The second-order valence-corrected chi connectivity index (χ2v) is 4.66. The Labute approximate surface area is 111 Å². The monoisotopic (exact) mass is 262 g/mol. The normalized spacial score (nSPS) is 11.1. The lowest BCUT2D eigenvalue weighted by Crippen LogP contribution is -1.92. The van der Waals surface area contributed by atoms with Crippen molar-refractivity contribution in [3.8, 4) is 11.5 Å². The van der Waals surface area contributed by atoms with Gasteiger partial charge in [-0.1, -0.05) is 38.1 Å². The fourth-order valence-corrected chi connectivity index (χ4v) is 1.80. The molecule has 0 spiro atoms. The number of hydrogen-bond donors (Lipinski definition) is 0. The summed E-state index contributed by atoms with van der Waals surface area (Å²) in [6, 6.07) is 13.7. The number of para-hydroxylation sites is 1. The van der Waals surface area contributed by atoms with E-state index in [1.54, 1.807) is 30.3 Å². The highest BCUT2D eigenvalue weighted by Crippen LogP contribution is 2.32. The van der Waals surface area contributed by atoms with Gasteiger partial charge >= 0.3 is 0 Å². The Balaban J connectivity index is 2.21. The van der Waals surface area contributed by atoms with Crippen LogP contribution in [0.5, 0.6) is 11.5 Å². The molecule has 1 nitrogen and oxygen atoms in total. The second-order valence-electron chi connectivity index (χ2n) is 4.66. The summed E-state index contributed by atoms with van der Waals surface area (Å²) in [6.45, 7) is 4.20. The fraction of sp³-hybridized carbons (Fsp3) is 0.250. The summed E-state index contributed by atoms with van der Waals surface area (Å²) in [5.74, 6) is 1.20. The summed E-state index contributed by atoms with van der Waals surface area (Å²) in [4.78, 5) is 0. The standard InChI is InChI=1S/C16H16F2O/c1-11(2)12-7-9-13(10-8-12)19-15-6-4-3-5-14(15)16(17)18/h3-11,16H,1-2H3. The van der Waals surface area contributed by atoms with Gasteiger partial charge in [-0.15, -0.1) is 0 Å². The van der Waals surface area contributed by atoms with Crippen LogP contribution in [0.4, 0.5) is 8.78 Å². The van der Waals surface area contributed by atoms with Crippen LogP contribution < -0.4 is 4.74 Å². The molecule has 0 unspecified atom stereocenters. The number of halogens is 2. The molecule has 0 bridgehead atoms. The van der Waals surface area contributed by atoms with Crippen LogP contribution >= 0.6 is 0 Å². The second kappa shape index (κ2) is 5.83. The Bertz CT molecular complexity index is 533. The van der Waals surface area contributed by atoms with E-state index < -0.39 is 6.43 Å².